The molecular weight excluding hydrogens is 526 g/mol. The summed E-state index contributed by atoms with van der Waals surface area (Å²) in [4.78, 5) is 9.75. The van der Waals surface area contributed by atoms with Gasteiger partial charge in [-0.3, -0.25) is 0 Å². The third-order valence-corrected chi connectivity index (χ3v) is 9.02. The zero-order chi connectivity index (χ0) is 28.5. The summed E-state index contributed by atoms with van der Waals surface area (Å²) in [6.45, 7) is 2.32. The maximum absolute atomic E-state index is 6.02. The Bertz CT molecular complexity index is 2300. The van der Waals surface area contributed by atoms with Gasteiger partial charge in [0.05, 0.1) is 11.0 Å². The van der Waals surface area contributed by atoms with Crippen LogP contribution in [0, 0.1) is 5.92 Å². The highest BCUT2D eigenvalue weighted by atomic mass is 16.3. The van der Waals surface area contributed by atoms with Crippen molar-refractivity contribution < 1.29 is 4.42 Å². The maximum atomic E-state index is 6.02. The van der Waals surface area contributed by atoms with Crippen molar-refractivity contribution in [2.24, 2.45) is 5.92 Å². The van der Waals surface area contributed by atoms with Gasteiger partial charge in [-0.05, 0) is 113 Å². The van der Waals surface area contributed by atoms with Gasteiger partial charge in [-0.2, -0.15) is 0 Å². The maximum Gasteiger partial charge on any atom is 0.246 e. The summed E-state index contributed by atoms with van der Waals surface area (Å²) in [5.41, 5.74) is 15.5. The number of furan rings is 1. The highest BCUT2D eigenvalue weighted by molar-refractivity contribution is 6.03. The molecule has 0 fully saturated rings. The monoisotopic (exact) mass is 555 g/mol. The molecule has 206 valence electrons. The summed E-state index contributed by atoms with van der Waals surface area (Å²) < 4.78 is 8.48. The first kappa shape index (κ1) is 24.4. The predicted molar refractivity (Wildman–Crippen MR) is 176 cm³/mol. The number of rotatable bonds is 3. The standard InChI is InChI=1S/C39H29N3O/c1-24-16-19-36-32(20-24)30-12-2-4-14-35(30)42(36)29-11-7-10-27(22-29)25-8-6-9-26(21-25)28-17-18-33-34(23-28)41-39-38(40-33)31-13-3-5-15-37(31)43-39/h3-11,13-19,21-24H,2,12,20H2,1H3. The van der Waals surface area contributed by atoms with Crippen molar-refractivity contribution in [1.82, 2.24) is 14.5 Å². The van der Waals surface area contributed by atoms with Crippen molar-refractivity contribution in [3.8, 4) is 27.9 Å². The molecule has 0 aliphatic heterocycles. The molecule has 0 spiro atoms. The van der Waals surface area contributed by atoms with E-state index < -0.39 is 0 Å². The minimum Gasteiger partial charge on any atom is -0.436 e. The molecule has 2 aliphatic carbocycles. The molecule has 4 heteroatoms. The lowest BCUT2D eigenvalue weighted by molar-refractivity contribution is 0.655. The Morgan fingerprint density at radius 1 is 0.721 bits per heavy atom. The molecule has 0 bridgehead atoms. The van der Waals surface area contributed by atoms with Crippen molar-refractivity contribution in [3.63, 3.8) is 0 Å². The molecule has 0 radical (unpaired) electrons. The van der Waals surface area contributed by atoms with Crippen LogP contribution >= 0.6 is 0 Å². The summed E-state index contributed by atoms with van der Waals surface area (Å²) in [7, 11) is 0. The molecule has 3 aromatic heterocycles. The second-order valence-electron chi connectivity index (χ2n) is 11.9. The minimum atomic E-state index is 0.574. The Labute approximate surface area is 249 Å². The molecule has 3 heterocycles. The van der Waals surface area contributed by atoms with Gasteiger partial charge in [-0.15, -0.1) is 0 Å². The van der Waals surface area contributed by atoms with Crippen LogP contribution in [0.4, 0.5) is 0 Å². The Morgan fingerprint density at radius 3 is 2.42 bits per heavy atom. The third kappa shape index (κ3) is 3.90. The van der Waals surface area contributed by atoms with Crippen molar-refractivity contribution in [2.45, 2.75) is 26.2 Å². The topological polar surface area (TPSA) is 43.9 Å². The Balaban J connectivity index is 1.12. The van der Waals surface area contributed by atoms with Gasteiger partial charge in [-0.1, -0.05) is 67.6 Å². The molecule has 4 nitrogen and oxygen atoms in total. The fourth-order valence-electron chi connectivity index (χ4n) is 6.93. The van der Waals surface area contributed by atoms with Gasteiger partial charge in [0.1, 0.15) is 11.1 Å². The van der Waals surface area contributed by atoms with Crippen LogP contribution in [-0.2, 0) is 12.8 Å². The van der Waals surface area contributed by atoms with Gasteiger partial charge in [0.15, 0.2) is 0 Å². The Hall–Kier alpha value is -5.22. The lowest BCUT2D eigenvalue weighted by Gasteiger charge is -2.17. The predicted octanol–water partition coefficient (Wildman–Crippen LogP) is 9.82. The van der Waals surface area contributed by atoms with Crippen LogP contribution in [0.3, 0.4) is 0 Å². The van der Waals surface area contributed by atoms with Gasteiger partial charge in [0.2, 0.25) is 5.71 Å². The number of allylic oxidation sites excluding steroid dienone is 2. The normalized spacial score (nSPS) is 15.8. The van der Waals surface area contributed by atoms with E-state index in [0.717, 1.165) is 57.9 Å². The van der Waals surface area contributed by atoms with Gasteiger partial charge in [-0.25, -0.2) is 9.97 Å². The molecule has 0 N–H and O–H groups in total. The zero-order valence-corrected chi connectivity index (χ0v) is 23.9. The van der Waals surface area contributed by atoms with Gasteiger partial charge >= 0.3 is 0 Å². The lowest BCUT2D eigenvalue weighted by atomic mass is 9.89. The minimum absolute atomic E-state index is 0.574. The second-order valence-corrected chi connectivity index (χ2v) is 11.9. The fourth-order valence-corrected chi connectivity index (χ4v) is 6.93. The van der Waals surface area contributed by atoms with E-state index in [1.54, 1.807) is 0 Å². The van der Waals surface area contributed by atoms with E-state index in [4.69, 9.17) is 14.4 Å². The van der Waals surface area contributed by atoms with E-state index in [1.807, 2.05) is 24.3 Å². The highest BCUT2D eigenvalue weighted by Gasteiger charge is 2.25. The van der Waals surface area contributed by atoms with Crippen molar-refractivity contribution in [3.05, 3.63) is 126 Å². The smallest absolute Gasteiger partial charge is 0.246 e. The average Bonchev–Trinajstić information content (AvgIpc) is 3.58. The molecule has 4 aromatic carbocycles. The molecule has 43 heavy (non-hydrogen) atoms. The third-order valence-electron chi connectivity index (χ3n) is 9.02. The van der Waals surface area contributed by atoms with Crippen molar-refractivity contribution >= 4 is 45.4 Å². The number of fused-ring (bicyclic) bond motifs is 7. The first-order valence-corrected chi connectivity index (χ1v) is 15.1. The summed E-state index contributed by atoms with van der Waals surface area (Å²) in [6.07, 6.45) is 12.7. The van der Waals surface area contributed by atoms with Crippen molar-refractivity contribution in [1.29, 1.82) is 0 Å². The number of hydrogen-bond acceptors (Lipinski definition) is 3. The quantitative estimate of drug-likeness (QED) is 0.218. The van der Waals surface area contributed by atoms with E-state index in [1.165, 1.54) is 39.3 Å². The molecule has 9 rings (SSSR count). The number of aromatic nitrogens is 3. The van der Waals surface area contributed by atoms with E-state index in [2.05, 4.69) is 103 Å². The Kier molecular flexibility index (Phi) is 5.33. The van der Waals surface area contributed by atoms with Crippen LogP contribution in [0.5, 0.6) is 0 Å². The number of para-hydroxylation sites is 1. The number of hydrogen-bond donors (Lipinski definition) is 0. The van der Waals surface area contributed by atoms with Crippen LogP contribution in [-0.4, -0.2) is 14.5 Å². The van der Waals surface area contributed by atoms with Crippen LogP contribution in [0.25, 0.3) is 73.3 Å². The summed E-state index contributed by atoms with van der Waals surface area (Å²) >= 11 is 0. The Morgan fingerprint density at radius 2 is 1.51 bits per heavy atom. The average molecular weight is 556 g/mol. The molecule has 0 saturated heterocycles. The highest BCUT2D eigenvalue weighted by Crippen LogP contribution is 2.38. The summed E-state index contributed by atoms with van der Waals surface area (Å²) in [5, 5.41) is 0.994. The molecule has 2 aliphatic rings. The number of benzene rings is 4. The summed E-state index contributed by atoms with van der Waals surface area (Å²) in [5.74, 6) is 0.582. The molecule has 1 atom stereocenters. The zero-order valence-electron chi connectivity index (χ0n) is 23.9. The van der Waals surface area contributed by atoms with Crippen LogP contribution in [0.2, 0.25) is 0 Å². The van der Waals surface area contributed by atoms with E-state index in [0.29, 0.717) is 11.6 Å². The van der Waals surface area contributed by atoms with Crippen LogP contribution in [0.1, 0.15) is 35.9 Å². The van der Waals surface area contributed by atoms with E-state index in [9.17, 15) is 0 Å². The van der Waals surface area contributed by atoms with Gasteiger partial charge < -0.3 is 8.98 Å². The van der Waals surface area contributed by atoms with Crippen molar-refractivity contribution in [2.75, 3.05) is 0 Å². The molecular formula is C39H29N3O. The lowest BCUT2D eigenvalue weighted by Crippen LogP contribution is -2.06. The molecule has 0 amide bonds. The molecule has 7 aromatic rings. The second kappa shape index (κ2) is 9.40. The first-order chi connectivity index (χ1) is 21.2. The van der Waals surface area contributed by atoms with Gasteiger partial charge in [0, 0.05) is 22.5 Å². The molecule has 0 saturated carbocycles. The van der Waals surface area contributed by atoms with Gasteiger partial charge in [0.25, 0.3) is 0 Å². The van der Waals surface area contributed by atoms with Crippen LogP contribution in [0.15, 0.2) is 108 Å². The number of nitrogens with zero attached hydrogens (tertiary/aromatic N) is 3. The summed E-state index contributed by atoms with van der Waals surface area (Å²) in [6, 6.07) is 32.0. The molecule has 1 unspecified atom stereocenters. The largest absolute Gasteiger partial charge is 0.436 e. The fraction of sp³-hybridized carbons (Fsp3) is 0.128. The van der Waals surface area contributed by atoms with E-state index in [-0.39, 0.29) is 0 Å². The first-order valence-electron chi connectivity index (χ1n) is 15.1. The van der Waals surface area contributed by atoms with E-state index >= 15 is 0 Å². The SMILES string of the molecule is CC1C=Cc2c(c3c(n2-c2cccc(-c4cccc(-c5ccc6nc7c(nc6c5)oc5ccccc57)c4)c2)C=CCC3)C1. The van der Waals surface area contributed by atoms with Crippen LogP contribution < -0.4 is 0 Å².